The molecule has 0 spiro atoms. The van der Waals surface area contributed by atoms with Gasteiger partial charge in [0.25, 0.3) is 0 Å². The fraction of sp³-hybridized carbons (Fsp3) is 1.00. The van der Waals surface area contributed by atoms with E-state index in [1.54, 1.807) is 0 Å². The van der Waals surface area contributed by atoms with Crippen LogP contribution in [0.2, 0.25) is 0 Å². The van der Waals surface area contributed by atoms with Crippen molar-refractivity contribution in [3.05, 3.63) is 0 Å². The maximum atomic E-state index is 2.45. The molecule has 0 aromatic carbocycles. The first-order valence-corrected chi connectivity index (χ1v) is 5.95. The molecule has 0 bridgehead atoms. The number of rotatable bonds is 3. The molecule has 1 aliphatic carbocycles. The zero-order chi connectivity index (χ0) is 10.2. The van der Waals surface area contributed by atoms with Crippen molar-refractivity contribution in [2.75, 3.05) is 0 Å². The Labute approximate surface area is 84.1 Å². The van der Waals surface area contributed by atoms with E-state index in [0.717, 1.165) is 35.5 Å². The molecule has 0 radical (unpaired) electrons. The minimum Gasteiger partial charge on any atom is -0.0628 e. The maximum Gasteiger partial charge on any atom is -0.0332 e. The standard InChI is InChI=1S/C13H26/c1-8(2)7-9(3)13-11(5)10(4)12(13)6/h8-13H,7H2,1-6H3/t9-,10?,11?,12?,13?/m1/s1. The molecule has 0 aromatic rings. The first-order chi connectivity index (χ1) is 5.95. The van der Waals surface area contributed by atoms with E-state index >= 15 is 0 Å². The molecule has 0 nitrogen and oxygen atoms in total. The molecule has 0 heterocycles. The van der Waals surface area contributed by atoms with Gasteiger partial charge in [-0.25, -0.2) is 0 Å². The Morgan fingerprint density at radius 1 is 0.846 bits per heavy atom. The van der Waals surface area contributed by atoms with Crippen LogP contribution in [0.5, 0.6) is 0 Å². The van der Waals surface area contributed by atoms with Gasteiger partial charge in [0.05, 0.1) is 0 Å². The normalized spacial score (nSPS) is 41.8. The largest absolute Gasteiger partial charge is 0.0628 e. The van der Waals surface area contributed by atoms with Gasteiger partial charge in [0.2, 0.25) is 0 Å². The summed E-state index contributed by atoms with van der Waals surface area (Å²) in [6.45, 7) is 14.4. The lowest BCUT2D eigenvalue weighted by Gasteiger charge is -2.51. The second-order valence-electron chi connectivity index (χ2n) is 5.76. The highest BCUT2D eigenvalue weighted by Crippen LogP contribution is 2.50. The van der Waals surface area contributed by atoms with Crippen LogP contribution in [0.15, 0.2) is 0 Å². The second kappa shape index (κ2) is 4.02. The summed E-state index contributed by atoms with van der Waals surface area (Å²) in [6.07, 6.45) is 1.41. The fourth-order valence-electron chi connectivity index (χ4n) is 3.45. The predicted octanol–water partition coefficient (Wildman–Crippen LogP) is 4.21. The van der Waals surface area contributed by atoms with Crippen LogP contribution in [0.4, 0.5) is 0 Å². The predicted molar refractivity (Wildman–Crippen MR) is 59.6 cm³/mol. The van der Waals surface area contributed by atoms with Gasteiger partial charge in [-0.3, -0.25) is 0 Å². The average Bonchev–Trinajstić information content (AvgIpc) is 2.02. The molecule has 0 saturated heterocycles. The Morgan fingerprint density at radius 3 is 1.69 bits per heavy atom. The van der Waals surface area contributed by atoms with Gasteiger partial charge in [-0.05, 0) is 41.9 Å². The van der Waals surface area contributed by atoms with Crippen LogP contribution in [-0.2, 0) is 0 Å². The summed E-state index contributed by atoms with van der Waals surface area (Å²) >= 11 is 0. The average molecular weight is 182 g/mol. The monoisotopic (exact) mass is 182 g/mol. The van der Waals surface area contributed by atoms with Crippen molar-refractivity contribution in [2.24, 2.45) is 35.5 Å². The molecular formula is C13H26. The molecule has 0 N–H and O–H groups in total. The molecule has 3 atom stereocenters. The molecule has 13 heavy (non-hydrogen) atoms. The van der Waals surface area contributed by atoms with Gasteiger partial charge in [-0.2, -0.15) is 0 Å². The van der Waals surface area contributed by atoms with E-state index in [2.05, 4.69) is 41.5 Å². The highest BCUT2D eigenvalue weighted by molar-refractivity contribution is 4.92. The van der Waals surface area contributed by atoms with Crippen molar-refractivity contribution in [3.8, 4) is 0 Å². The summed E-state index contributed by atoms with van der Waals surface area (Å²) in [4.78, 5) is 0. The van der Waals surface area contributed by atoms with Gasteiger partial charge >= 0.3 is 0 Å². The van der Waals surface area contributed by atoms with Crippen LogP contribution in [-0.4, -0.2) is 0 Å². The topological polar surface area (TPSA) is 0 Å². The Bertz CT molecular complexity index is 149. The SMILES string of the molecule is CC(C)C[C@@H](C)C1C(C)C(C)C1C. The summed E-state index contributed by atoms with van der Waals surface area (Å²) < 4.78 is 0. The zero-order valence-corrected chi connectivity index (χ0v) is 10.2. The summed E-state index contributed by atoms with van der Waals surface area (Å²) in [7, 11) is 0. The number of hydrogen-bond donors (Lipinski definition) is 0. The molecular weight excluding hydrogens is 156 g/mol. The first-order valence-electron chi connectivity index (χ1n) is 5.95. The zero-order valence-electron chi connectivity index (χ0n) is 10.2. The van der Waals surface area contributed by atoms with Crippen LogP contribution in [0.1, 0.15) is 48.0 Å². The van der Waals surface area contributed by atoms with Gasteiger partial charge in [0, 0.05) is 0 Å². The van der Waals surface area contributed by atoms with Gasteiger partial charge in [0.15, 0.2) is 0 Å². The lowest BCUT2D eigenvalue weighted by atomic mass is 9.54. The minimum absolute atomic E-state index is 0.866. The third-order valence-electron chi connectivity index (χ3n) is 4.37. The van der Waals surface area contributed by atoms with Crippen LogP contribution in [0, 0.1) is 35.5 Å². The quantitative estimate of drug-likeness (QED) is 0.613. The molecule has 0 aliphatic heterocycles. The van der Waals surface area contributed by atoms with Crippen molar-refractivity contribution in [1.82, 2.24) is 0 Å². The van der Waals surface area contributed by atoms with Gasteiger partial charge in [0.1, 0.15) is 0 Å². The van der Waals surface area contributed by atoms with Crippen molar-refractivity contribution in [3.63, 3.8) is 0 Å². The number of hydrogen-bond acceptors (Lipinski definition) is 0. The summed E-state index contributed by atoms with van der Waals surface area (Å²) in [5.74, 6) is 5.68. The summed E-state index contributed by atoms with van der Waals surface area (Å²) in [5, 5.41) is 0. The Morgan fingerprint density at radius 2 is 1.31 bits per heavy atom. The second-order valence-corrected chi connectivity index (χ2v) is 5.76. The highest BCUT2D eigenvalue weighted by atomic mass is 14.5. The van der Waals surface area contributed by atoms with Crippen molar-refractivity contribution in [2.45, 2.75) is 48.0 Å². The molecule has 0 amide bonds. The molecule has 2 unspecified atom stereocenters. The van der Waals surface area contributed by atoms with Crippen LogP contribution >= 0.6 is 0 Å². The smallest absolute Gasteiger partial charge is 0.0332 e. The van der Waals surface area contributed by atoms with Crippen molar-refractivity contribution >= 4 is 0 Å². The van der Waals surface area contributed by atoms with E-state index < -0.39 is 0 Å². The molecule has 1 aliphatic rings. The molecule has 1 saturated carbocycles. The Balaban J connectivity index is 2.44. The maximum absolute atomic E-state index is 2.45. The van der Waals surface area contributed by atoms with E-state index in [1.807, 2.05) is 0 Å². The van der Waals surface area contributed by atoms with E-state index in [1.165, 1.54) is 6.42 Å². The molecule has 0 aromatic heterocycles. The Hall–Kier alpha value is 0. The third-order valence-corrected chi connectivity index (χ3v) is 4.37. The molecule has 0 heteroatoms. The van der Waals surface area contributed by atoms with Crippen LogP contribution in [0.3, 0.4) is 0 Å². The minimum atomic E-state index is 0.866. The van der Waals surface area contributed by atoms with Crippen molar-refractivity contribution in [1.29, 1.82) is 0 Å². The fourth-order valence-corrected chi connectivity index (χ4v) is 3.45. The van der Waals surface area contributed by atoms with E-state index in [0.29, 0.717) is 0 Å². The third kappa shape index (κ3) is 2.08. The molecule has 1 fully saturated rings. The highest BCUT2D eigenvalue weighted by Gasteiger charge is 2.44. The first kappa shape index (κ1) is 11.1. The van der Waals surface area contributed by atoms with Gasteiger partial charge < -0.3 is 0 Å². The molecule has 1 rings (SSSR count). The van der Waals surface area contributed by atoms with E-state index in [-0.39, 0.29) is 0 Å². The van der Waals surface area contributed by atoms with E-state index in [9.17, 15) is 0 Å². The lowest BCUT2D eigenvalue weighted by Crippen LogP contribution is -2.45. The van der Waals surface area contributed by atoms with Crippen LogP contribution in [0.25, 0.3) is 0 Å². The van der Waals surface area contributed by atoms with Gasteiger partial charge in [-0.15, -0.1) is 0 Å². The molecule has 78 valence electrons. The Kier molecular flexibility index (Phi) is 3.43. The van der Waals surface area contributed by atoms with E-state index in [4.69, 9.17) is 0 Å². The lowest BCUT2D eigenvalue weighted by molar-refractivity contribution is -0.0280. The van der Waals surface area contributed by atoms with Crippen LogP contribution < -0.4 is 0 Å². The summed E-state index contributed by atoms with van der Waals surface area (Å²) in [5.41, 5.74) is 0. The van der Waals surface area contributed by atoms with Gasteiger partial charge in [-0.1, -0.05) is 41.5 Å². The van der Waals surface area contributed by atoms with Crippen molar-refractivity contribution < 1.29 is 0 Å². The summed E-state index contributed by atoms with van der Waals surface area (Å²) in [6, 6.07) is 0.